The smallest absolute Gasteiger partial charge is 0.462 e. The minimum Gasteiger partial charge on any atom is -0.462 e. The molecule has 0 aliphatic heterocycles. The second kappa shape index (κ2) is 9.34. The Morgan fingerprint density at radius 1 is 0.966 bits per heavy atom. The highest BCUT2D eigenvalue weighted by atomic mass is 32.1. The van der Waals surface area contributed by atoms with Gasteiger partial charge in [0.05, 0.1) is 13.2 Å². The first-order valence-electron chi connectivity index (χ1n) is 9.08. The fourth-order valence-electron chi connectivity index (χ4n) is 2.62. The number of unbranched alkanes of at least 4 members (excludes halogenated alkanes) is 1. The van der Waals surface area contributed by atoms with Gasteiger partial charge < -0.3 is 14.2 Å². The SMILES string of the molecule is C=C(C)C(=O)OCCCCOC(=O)Oc1ccc2c(=O)c3ccccc3sc2c1. The van der Waals surface area contributed by atoms with Crippen LogP contribution in [0.25, 0.3) is 20.2 Å². The molecule has 0 aliphatic carbocycles. The highest BCUT2D eigenvalue weighted by molar-refractivity contribution is 7.24. The van der Waals surface area contributed by atoms with Crippen LogP contribution in [0.4, 0.5) is 4.79 Å². The van der Waals surface area contributed by atoms with Crippen molar-refractivity contribution in [2.75, 3.05) is 13.2 Å². The van der Waals surface area contributed by atoms with E-state index in [1.807, 2.05) is 18.2 Å². The van der Waals surface area contributed by atoms with Crippen molar-refractivity contribution in [2.24, 2.45) is 0 Å². The van der Waals surface area contributed by atoms with Gasteiger partial charge in [0.1, 0.15) is 5.75 Å². The first-order chi connectivity index (χ1) is 14.0. The zero-order chi connectivity index (χ0) is 20.8. The lowest BCUT2D eigenvalue weighted by atomic mass is 10.2. The predicted octanol–water partition coefficient (Wildman–Crippen LogP) is 4.83. The number of rotatable bonds is 7. The Kier molecular flexibility index (Phi) is 6.61. The Bertz CT molecular complexity index is 1130. The van der Waals surface area contributed by atoms with E-state index in [0.717, 1.165) is 9.40 Å². The maximum Gasteiger partial charge on any atom is 0.513 e. The summed E-state index contributed by atoms with van der Waals surface area (Å²) in [5, 5.41) is 1.26. The Morgan fingerprint density at radius 2 is 1.66 bits per heavy atom. The molecule has 1 heterocycles. The molecule has 0 atom stereocenters. The third-order valence-electron chi connectivity index (χ3n) is 4.09. The van der Waals surface area contributed by atoms with Gasteiger partial charge in [-0.25, -0.2) is 9.59 Å². The lowest BCUT2D eigenvalue weighted by molar-refractivity contribution is -0.139. The Hall–Kier alpha value is -3.19. The number of hydrogen-bond acceptors (Lipinski definition) is 7. The molecule has 6 nitrogen and oxygen atoms in total. The van der Waals surface area contributed by atoms with Gasteiger partial charge in [0.15, 0.2) is 5.43 Å². The van der Waals surface area contributed by atoms with Crippen molar-refractivity contribution >= 4 is 43.6 Å². The summed E-state index contributed by atoms with van der Waals surface area (Å²) in [6.07, 6.45) is 0.268. The van der Waals surface area contributed by atoms with Crippen LogP contribution in [0.15, 0.2) is 59.4 Å². The fraction of sp³-hybridized carbons (Fsp3) is 0.227. The van der Waals surface area contributed by atoms with E-state index in [2.05, 4.69) is 6.58 Å². The molecule has 0 spiro atoms. The van der Waals surface area contributed by atoms with Gasteiger partial charge in [-0.15, -0.1) is 11.3 Å². The maximum atomic E-state index is 12.6. The van der Waals surface area contributed by atoms with Gasteiger partial charge in [0.2, 0.25) is 0 Å². The van der Waals surface area contributed by atoms with Crippen molar-refractivity contribution in [3.63, 3.8) is 0 Å². The van der Waals surface area contributed by atoms with Crippen molar-refractivity contribution in [1.29, 1.82) is 0 Å². The molecule has 0 radical (unpaired) electrons. The van der Waals surface area contributed by atoms with Crippen LogP contribution in [0.5, 0.6) is 5.75 Å². The zero-order valence-electron chi connectivity index (χ0n) is 15.9. The van der Waals surface area contributed by atoms with Gasteiger partial charge in [-0.05, 0) is 50.1 Å². The summed E-state index contributed by atoms with van der Waals surface area (Å²) in [5.41, 5.74) is 0.300. The number of hydrogen-bond donors (Lipinski definition) is 0. The molecule has 0 amide bonds. The molecule has 0 bridgehead atoms. The molecule has 0 N–H and O–H groups in total. The van der Waals surface area contributed by atoms with Gasteiger partial charge in [-0.3, -0.25) is 4.79 Å². The molecule has 1 aromatic heterocycles. The average molecular weight is 412 g/mol. The molecule has 0 unspecified atom stereocenters. The van der Waals surface area contributed by atoms with Crippen LogP contribution in [-0.2, 0) is 14.3 Å². The highest BCUT2D eigenvalue weighted by Gasteiger charge is 2.10. The molecule has 0 saturated carbocycles. The molecular weight excluding hydrogens is 392 g/mol. The molecular formula is C22H20O6S. The van der Waals surface area contributed by atoms with Crippen LogP contribution in [0.2, 0.25) is 0 Å². The first-order valence-corrected chi connectivity index (χ1v) is 9.90. The van der Waals surface area contributed by atoms with Crippen LogP contribution >= 0.6 is 11.3 Å². The molecule has 0 saturated heterocycles. The van der Waals surface area contributed by atoms with Crippen molar-refractivity contribution < 1.29 is 23.8 Å². The minimum absolute atomic E-state index is 0.0455. The van der Waals surface area contributed by atoms with Gasteiger partial charge in [-0.2, -0.15) is 0 Å². The summed E-state index contributed by atoms with van der Waals surface area (Å²) < 4.78 is 16.8. The highest BCUT2D eigenvalue weighted by Crippen LogP contribution is 2.27. The molecule has 2 aromatic carbocycles. The molecule has 3 rings (SSSR count). The van der Waals surface area contributed by atoms with Crippen molar-refractivity contribution in [3.05, 3.63) is 64.8 Å². The number of esters is 1. The Morgan fingerprint density at radius 3 is 2.41 bits per heavy atom. The fourth-order valence-corrected chi connectivity index (χ4v) is 3.72. The van der Waals surface area contributed by atoms with Crippen molar-refractivity contribution in [1.82, 2.24) is 0 Å². The summed E-state index contributed by atoms with van der Waals surface area (Å²) in [6, 6.07) is 12.3. The maximum absolute atomic E-state index is 12.6. The third-order valence-corrected chi connectivity index (χ3v) is 5.22. The number of fused-ring (bicyclic) bond motifs is 2. The van der Waals surface area contributed by atoms with E-state index in [1.165, 1.54) is 11.3 Å². The molecule has 150 valence electrons. The van der Waals surface area contributed by atoms with Gasteiger partial charge >= 0.3 is 12.1 Å². The van der Waals surface area contributed by atoms with Crippen LogP contribution in [0, 0.1) is 0 Å². The molecule has 29 heavy (non-hydrogen) atoms. The zero-order valence-corrected chi connectivity index (χ0v) is 16.8. The number of carbonyl (C=O) groups is 2. The lowest BCUT2D eigenvalue weighted by Gasteiger charge is -2.07. The third kappa shape index (κ3) is 5.20. The van der Waals surface area contributed by atoms with Gasteiger partial charge in [0.25, 0.3) is 0 Å². The Balaban J connectivity index is 1.54. The second-order valence-corrected chi connectivity index (χ2v) is 7.49. The van der Waals surface area contributed by atoms with Gasteiger partial charge in [-0.1, -0.05) is 18.7 Å². The average Bonchev–Trinajstić information content (AvgIpc) is 2.70. The van der Waals surface area contributed by atoms with Gasteiger partial charge in [0, 0.05) is 25.7 Å². The topological polar surface area (TPSA) is 78.9 Å². The van der Waals surface area contributed by atoms with Crippen LogP contribution < -0.4 is 10.2 Å². The summed E-state index contributed by atoms with van der Waals surface area (Å²) >= 11 is 1.46. The van der Waals surface area contributed by atoms with Crippen LogP contribution in [0.1, 0.15) is 19.8 Å². The molecule has 3 aromatic rings. The van der Waals surface area contributed by atoms with Crippen LogP contribution in [0.3, 0.4) is 0 Å². The molecule has 7 heteroatoms. The van der Waals surface area contributed by atoms with E-state index < -0.39 is 12.1 Å². The van der Waals surface area contributed by atoms with E-state index in [0.29, 0.717) is 34.9 Å². The summed E-state index contributed by atoms with van der Waals surface area (Å²) in [5.74, 6) is -0.125. The second-order valence-electron chi connectivity index (χ2n) is 6.41. The van der Waals surface area contributed by atoms with E-state index >= 15 is 0 Å². The summed E-state index contributed by atoms with van der Waals surface area (Å²) in [6.45, 7) is 5.46. The largest absolute Gasteiger partial charge is 0.513 e. The van der Waals surface area contributed by atoms with Crippen molar-refractivity contribution in [3.8, 4) is 5.75 Å². The van der Waals surface area contributed by atoms with E-state index in [1.54, 1.807) is 31.2 Å². The predicted molar refractivity (Wildman–Crippen MR) is 113 cm³/mol. The minimum atomic E-state index is -0.823. The molecule has 0 aliphatic rings. The Labute approximate surface area is 171 Å². The standard InChI is InChI=1S/C22H20O6S/c1-14(2)21(24)26-11-5-6-12-27-22(25)28-15-9-10-17-19(13-15)29-18-8-4-3-7-16(18)20(17)23/h3-4,7-10,13H,1,5-6,11-12H2,2H3. The number of ether oxygens (including phenoxy) is 3. The van der Waals surface area contributed by atoms with E-state index in [4.69, 9.17) is 14.2 Å². The normalized spacial score (nSPS) is 10.7. The lowest BCUT2D eigenvalue weighted by Crippen LogP contribution is -2.12. The van der Waals surface area contributed by atoms with E-state index in [9.17, 15) is 14.4 Å². The molecule has 0 fully saturated rings. The van der Waals surface area contributed by atoms with E-state index in [-0.39, 0.29) is 18.6 Å². The summed E-state index contributed by atoms with van der Waals surface area (Å²) in [4.78, 5) is 35.7. The van der Waals surface area contributed by atoms with Crippen molar-refractivity contribution in [2.45, 2.75) is 19.8 Å². The monoisotopic (exact) mass is 412 g/mol. The van der Waals surface area contributed by atoms with Crippen LogP contribution in [-0.4, -0.2) is 25.3 Å². The quantitative estimate of drug-likeness (QED) is 0.182. The summed E-state index contributed by atoms with van der Waals surface area (Å²) in [7, 11) is 0. The first kappa shape index (κ1) is 20.5. The number of benzene rings is 2. The number of carbonyl (C=O) groups excluding carboxylic acids is 2.